The summed E-state index contributed by atoms with van der Waals surface area (Å²) in [5.74, 6) is -0.188. The minimum absolute atomic E-state index is 0. The maximum Gasteiger partial charge on any atom is -0.870 e. The van der Waals surface area contributed by atoms with Gasteiger partial charge in [0.05, 0.1) is 0 Å². The van der Waals surface area contributed by atoms with Crippen molar-refractivity contribution in [3.63, 3.8) is 0 Å². The van der Waals surface area contributed by atoms with Gasteiger partial charge in [0.25, 0.3) is 0 Å². The van der Waals surface area contributed by atoms with E-state index >= 15 is 0 Å². The van der Waals surface area contributed by atoms with Crippen molar-refractivity contribution in [2.24, 2.45) is 0 Å². The molecule has 7 heteroatoms. The zero-order chi connectivity index (χ0) is 11.6. The second-order valence-corrected chi connectivity index (χ2v) is 3.42. The van der Waals surface area contributed by atoms with Gasteiger partial charge in [0.15, 0.2) is 0 Å². The number of ether oxygens (including phenoxy) is 1. The van der Waals surface area contributed by atoms with Crippen LogP contribution in [0.2, 0.25) is 0 Å². The zero-order valence-corrected chi connectivity index (χ0v) is 9.32. The molecule has 1 aromatic carbocycles. The molecule has 1 aromatic rings. The number of alkyl halides is 3. The Bertz CT molecular complexity index is 353. The largest absolute Gasteiger partial charge is 0.870 e. The second kappa shape index (κ2) is 6.51. The van der Waals surface area contributed by atoms with Crippen molar-refractivity contribution in [2.45, 2.75) is 26.1 Å². The van der Waals surface area contributed by atoms with Crippen LogP contribution in [0.15, 0.2) is 18.2 Å². The molecule has 0 fully saturated rings. The van der Waals surface area contributed by atoms with Gasteiger partial charge >= 0.3 is 86.9 Å². The summed E-state index contributed by atoms with van der Waals surface area (Å²) in [5, 5.41) is 0. The fourth-order valence-electron chi connectivity index (χ4n) is 1.13. The molecule has 2 N–H and O–H groups in total. The van der Waals surface area contributed by atoms with Crippen LogP contribution >= 0.6 is 0 Å². The first-order valence-electron chi connectivity index (χ1n) is 4.44. The summed E-state index contributed by atoms with van der Waals surface area (Å²) >= 11 is 0. The number of hydrogen-bond donors (Lipinski definition) is 0. The van der Waals surface area contributed by atoms with Crippen LogP contribution in [-0.2, 0) is 6.18 Å². The SMILES string of the molecule is [B+2]c1ccc(OC(C)C)c(C(F)(F)F)c1.[OH-].[OH-]. The normalized spacial score (nSPS) is 10.6. The summed E-state index contributed by atoms with van der Waals surface area (Å²) in [4.78, 5) is 0. The van der Waals surface area contributed by atoms with Gasteiger partial charge < -0.3 is 11.0 Å². The average molecular weight is 248 g/mol. The van der Waals surface area contributed by atoms with Gasteiger partial charge in [0.1, 0.15) is 0 Å². The Balaban J connectivity index is 0. The minimum atomic E-state index is -4.44. The van der Waals surface area contributed by atoms with Crippen LogP contribution in [0, 0.1) is 0 Å². The van der Waals surface area contributed by atoms with Gasteiger partial charge in [-0.15, -0.1) is 0 Å². The number of benzene rings is 1. The maximum atomic E-state index is 12.5. The maximum absolute atomic E-state index is 12.5. The Morgan fingerprint density at radius 2 is 1.71 bits per heavy atom. The van der Waals surface area contributed by atoms with Crippen LogP contribution in [0.25, 0.3) is 0 Å². The predicted molar refractivity (Wildman–Crippen MR) is 56.5 cm³/mol. The first kappa shape index (κ1) is 18.2. The zero-order valence-electron chi connectivity index (χ0n) is 9.32. The number of hydrogen-bond acceptors (Lipinski definition) is 3. The standard InChI is InChI=1S/C10H10BF3O.2H2O/c1-6(2)15-9-4-3-7(11)5-8(9)10(12,13)14;;/h3-6H,1-2H3;2*1H2/q+2;;/p-2. The molecular weight excluding hydrogens is 236 g/mol. The van der Waals surface area contributed by atoms with Crippen LogP contribution < -0.4 is 10.2 Å². The van der Waals surface area contributed by atoms with Crippen molar-refractivity contribution >= 4 is 13.3 Å². The molecule has 17 heavy (non-hydrogen) atoms. The van der Waals surface area contributed by atoms with E-state index in [1.165, 1.54) is 12.1 Å². The fourth-order valence-corrected chi connectivity index (χ4v) is 1.13. The Morgan fingerprint density at radius 1 is 1.18 bits per heavy atom. The molecule has 0 aliphatic heterocycles. The van der Waals surface area contributed by atoms with Gasteiger partial charge in [-0.2, -0.15) is 0 Å². The molecule has 3 nitrogen and oxygen atoms in total. The van der Waals surface area contributed by atoms with Gasteiger partial charge in [-0.05, 0) is 0 Å². The van der Waals surface area contributed by atoms with Crippen LogP contribution in [0.4, 0.5) is 13.2 Å². The van der Waals surface area contributed by atoms with Crippen molar-refractivity contribution in [1.82, 2.24) is 0 Å². The smallest absolute Gasteiger partial charge is 0.870 e. The average Bonchev–Trinajstić information content (AvgIpc) is 2.05. The van der Waals surface area contributed by atoms with E-state index in [4.69, 9.17) is 12.6 Å². The van der Waals surface area contributed by atoms with Gasteiger partial charge in [-0.1, -0.05) is 0 Å². The van der Waals surface area contributed by atoms with Gasteiger partial charge in [-0.3, -0.25) is 0 Å². The summed E-state index contributed by atoms with van der Waals surface area (Å²) in [6.45, 7) is 3.33. The first-order valence-corrected chi connectivity index (χ1v) is 4.44. The molecule has 0 atom stereocenters. The van der Waals surface area contributed by atoms with Crippen molar-refractivity contribution in [1.29, 1.82) is 0 Å². The predicted octanol–water partition coefficient (Wildman–Crippen LogP) is 1.93. The third-order valence-corrected chi connectivity index (χ3v) is 1.67. The number of rotatable bonds is 2. The van der Waals surface area contributed by atoms with Crippen molar-refractivity contribution in [2.75, 3.05) is 0 Å². The molecule has 94 valence electrons. The molecule has 0 amide bonds. The van der Waals surface area contributed by atoms with Crippen molar-refractivity contribution in [3.8, 4) is 5.75 Å². The Kier molecular flexibility index (Phi) is 6.96. The molecule has 0 saturated carbocycles. The summed E-state index contributed by atoms with van der Waals surface area (Å²) in [7, 11) is 5.30. The van der Waals surface area contributed by atoms with E-state index in [2.05, 4.69) is 0 Å². The molecule has 0 heterocycles. The second-order valence-electron chi connectivity index (χ2n) is 3.42. The molecule has 0 unspecified atom stereocenters. The quantitative estimate of drug-likeness (QED) is 0.750. The van der Waals surface area contributed by atoms with Crippen LogP contribution in [0.1, 0.15) is 19.4 Å². The van der Waals surface area contributed by atoms with Crippen LogP contribution in [0.5, 0.6) is 5.75 Å². The van der Waals surface area contributed by atoms with Gasteiger partial charge in [0.2, 0.25) is 0 Å². The van der Waals surface area contributed by atoms with Crippen LogP contribution in [-0.4, -0.2) is 24.9 Å². The molecule has 0 saturated heterocycles. The van der Waals surface area contributed by atoms with E-state index in [1.807, 2.05) is 0 Å². The molecule has 0 aliphatic carbocycles. The van der Waals surface area contributed by atoms with Crippen molar-refractivity contribution < 1.29 is 28.9 Å². The molecule has 0 aromatic heterocycles. The Morgan fingerprint density at radius 3 is 2.12 bits per heavy atom. The van der Waals surface area contributed by atoms with Gasteiger partial charge in [-0.25, -0.2) is 0 Å². The van der Waals surface area contributed by atoms with Crippen LogP contribution in [0.3, 0.4) is 0 Å². The molecular formula is C10H12BF3O3. The van der Waals surface area contributed by atoms with Crippen molar-refractivity contribution in [3.05, 3.63) is 23.8 Å². The molecule has 1 rings (SSSR count). The third kappa shape index (κ3) is 5.10. The Hall–Kier alpha value is -1.21. The van der Waals surface area contributed by atoms with E-state index in [0.717, 1.165) is 6.07 Å². The monoisotopic (exact) mass is 248 g/mol. The summed E-state index contributed by atoms with van der Waals surface area (Å²) in [6, 6.07) is 3.49. The number of halogens is 3. The molecule has 0 aliphatic rings. The third-order valence-electron chi connectivity index (χ3n) is 1.67. The summed E-state index contributed by atoms with van der Waals surface area (Å²) < 4.78 is 42.7. The summed E-state index contributed by atoms with van der Waals surface area (Å²) in [6.07, 6.45) is -4.76. The Labute approximate surface area is 98.6 Å². The van der Waals surface area contributed by atoms with E-state index in [1.54, 1.807) is 13.8 Å². The van der Waals surface area contributed by atoms with E-state index in [9.17, 15) is 13.2 Å². The molecule has 0 bridgehead atoms. The molecule has 0 radical (unpaired) electrons. The van der Waals surface area contributed by atoms with E-state index in [0.29, 0.717) is 0 Å². The summed E-state index contributed by atoms with van der Waals surface area (Å²) in [5.41, 5.74) is -0.769. The molecule has 0 spiro atoms. The van der Waals surface area contributed by atoms with E-state index in [-0.39, 0.29) is 28.3 Å². The van der Waals surface area contributed by atoms with E-state index < -0.39 is 11.7 Å². The minimum Gasteiger partial charge on any atom is -0.870 e. The first-order chi connectivity index (χ1) is 6.80. The topological polar surface area (TPSA) is 69.2 Å². The fraction of sp³-hybridized carbons (Fsp3) is 0.400. The van der Waals surface area contributed by atoms with Gasteiger partial charge in [0, 0.05) is 0 Å².